The molecular formula is C15H19N5OS. The lowest BCUT2D eigenvalue weighted by molar-refractivity contribution is -0.118. The summed E-state index contributed by atoms with van der Waals surface area (Å²) in [6, 6.07) is 4.15. The van der Waals surface area contributed by atoms with Crippen LogP contribution in [0, 0.1) is 0 Å². The number of carbonyl (C=O) groups is 1. The van der Waals surface area contributed by atoms with Gasteiger partial charge in [-0.2, -0.15) is 0 Å². The summed E-state index contributed by atoms with van der Waals surface area (Å²) in [4.78, 5) is 15.4. The van der Waals surface area contributed by atoms with Crippen molar-refractivity contribution in [1.29, 1.82) is 0 Å². The zero-order valence-corrected chi connectivity index (χ0v) is 13.3. The number of pyridine rings is 1. The molecule has 1 unspecified atom stereocenters. The van der Waals surface area contributed by atoms with Crippen LogP contribution in [-0.2, 0) is 24.7 Å². The van der Waals surface area contributed by atoms with Crippen molar-refractivity contribution in [2.45, 2.75) is 42.5 Å². The summed E-state index contributed by atoms with van der Waals surface area (Å²) in [6.45, 7) is 0. The topological polar surface area (TPSA) is 86.7 Å². The van der Waals surface area contributed by atoms with Crippen LogP contribution in [0.5, 0.6) is 0 Å². The molecule has 0 aliphatic heterocycles. The van der Waals surface area contributed by atoms with E-state index in [0.29, 0.717) is 18.1 Å². The van der Waals surface area contributed by atoms with E-state index in [2.05, 4.69) is 21.2 Å². The Hall–Kier alpha value is -1.89. The molecule has 2 aromatic rings. The van der Waals surface area contributed by atoms with Crippen molar-refractivity contribution in [1.82, 2.24) is 19.7 Å². The molecule has 0 radical (unpaired) electrons. The first-order valence-corrected chi connectivity index (χ1v) is 8.30. The van der Waals surface area contributed by atoms with E-state index < -0.39 is 0 Å². The normalized spacial score (nSPS) is 17.2. The van der Waals surface area contributed by atoms with Gasteiger partial charge in [0.25, 0.3) is 0 Å². The first-order chi connectivity index (χ1) is 10.6. The monoisotopic (exact) mass is 317 g/mol. The Morgan fingerprint density at radius 2 is 2.36 bits per heavy atom. The number of fused-ring (bicyclic) bond motifs is 1. The molecule has 1 aliphatic rings. The molecule has 7 heteroatoms. The molecule has 0 spiro atoms. The smallest absolute Gasteiger partial charge is 0.217 e. The number of hydrogen-bond acceptors (Lipinski definition) is 5. The van der Waals surface area contributed by atoms with Crippen LogP contribution in [0.25, 0.3) is 0 Å². The number of rotatable bonds is 5. The molecule has 0 saturated carbocycles. The minimum absolute atomic E-state index is 0.296. The predicted octanol–water partition coefficient (Wildman–Crippen LogP) is 1.80. The van der Waals surface area contributed by atoms with Crippen LogP contribution >= 0.6 is 11.8 Å². The molecule has 0 bridgehead atoms. The van der Waals surface area contributed by atoms with Gasteiger partial charge in [-0.1, -0.05) is 17.8 Å². The average molecular weight is 317 g/mol. The van der Waals surface area contributed by atoms with Gasteiger partial charge in [0.15, 0.2) is 5.16 Å². The molecule has 22 heavy (non-hydrogen) atoms. The van der Waals surface area contributed by atoms with Gasteiger partial charge >= 0.3 is 0 Å². The Labute approximate surface area is 133 Å². The third-order valence-electron chi connectivity index (χ3n) is 3.91. The summed E-state index contributed by atoms with van der Waals surface area (Å²) in [5, 5.41) is 9.61. The molecular weight excluding hydrogens is 298 g/mol. The zero-order valence-electron chi connectivity index (χ0n) is 12.5. The molecule has 1 atom stereocenters. The number of nitrogens with two attached hydrogens (primary N) is 1. The third kappa shape index (κ3) is 3.14. The Morgan fingerprint density at radius 1 is 1.50 bits per heavy atom. The van der Waals surface area contributed by atoms with Gasteiger partial charge in [-0.05, 0) is 30.9 Å². The van der Waals surface area contributed by atoms with Gasteiger partial charge in [0.1, 0.15) is 5.82 Å². The van der Waals surface area contributed by atoms with Crippen molar-refractivity contribution in [2.75, 3.05) is 0 Å². The molecule has 2 heterocycles. The molecule has 1 aliphatic carbocycles. The van der Waals surface area contributed by atoms with Crippen molar-refractivity contribution in [3.8, 4) is 0 Å². The van der Waals surface area contributed by atoms with Crippen LogP contribution in [0.2, 0.25) is 0 Å². The van der Waals surface area contributed by atoms with Crippen molar-refractivity contribution in [3.05, 3.63) is 35.4 Å². The van der Waals surface area contributed by atoms with Crippen LogP contribution in [0.3, 0.4) is 0 Å². The Bertz CT molecular complexity index is 684. The van der Waals surface area contributed by atoms with Crippen LogP contribution in [0.4, 0.5) is 0 Å². The standard InChI is InChI=1S/C15H19N5OS/c1-20-13(8-7-12(16)21)18-19-15(20)22-11-6-2-4-10-5-3-9-17-14(10)11/h3,5,9,11H,2,4,6-8H2,1H3,(H2,16,21). The number of amides is 1. The molecule has 2 aromatic heterocycles. The molecule has 6 nitrogen and oxygen atoms in total. The number of hydrogen-bond donors (Lipinski definition) is 1. The zero-order chi connectivity index (χ0) is 15.5. The second-order valence-corrected chi connectivity index (χ2v) is 6.64. The SMILES string of the molecule is Cn1c(CCC(N)=O)nnc1SC1CCCc2cccnc21. The largest absolute Gasteiger partial charge is 0.370 e. The highest BCUT2D eigenvalue weighted by atomic mass is 32.2. The van der Waals surface area contributed by atoms with E-state index in [1.54, 1.807) is 11.8 Å². The first kappa shape index (κ1) is 15.0. The fourth-order valence-corrected chi connectivity index (χ4v) is 3.92. The number of carbonyl (C=O) groups excluding carboxylic acids is 1. The second-order valence-electron chi connectivity index (χ2n) is 5.47. The summed E-state index contributed by atoms with van der Waals surface area (Å²) < 4.78 is 1.95. The van der Waals surface area contributed by atoms with E-state index in [4.69, 9.17) is 5.73 Å². The van der Waals surface area contributed by atoms with E-state index in [-0.39, 0.29) is 5.91 Å². The molecule has 116 valence electrons. The van der Waals surface area contributed by atoms with Gasteiger partial charge in [-0.3, -0.25) is 9.78 Å². The average Bonchev–Trinajstić information content (AvgIpc) is 2.86. The maximum absolute atomic E-state index is 10.9. The maximum atomic E-state index is 10.9. The number of aryl methyl sites for hydroxylation is 2. The number of aromatic nitrogens is 4. The summed E-state index contributed by atoms with van der Waals surface area (Å²) in [5.74, 6) is 0.473. The highest BCUT2D eigenvalue weighted by molar-refractivity contribution is 7.99. The third-order valence-corrected chi connectivity index (χ3v) is 5.22. The van der Waals surface area contributed by atoms with Crippen molar-refractivity contribution >= 4 is 17.7 Å². The van der Waals surface area contributed by atoms with Gasteiger partial charge in [0, 0.05) is 26.1 Å². The summed E-state index contributed by atoms with van der Waals surface area (Å²) >= 11 is 1.70. The van der Waals surface area contributed by atoms with E-state index in [1.165, 1.54) is 17.7 Å². The Morgan fingerprint density at radius 3 is 3.18 bits per heavy atom. The van der Waals surface area contributed by atoms with Crippen molar-refractivity contribution < 1.29 is 4.79 Å². The van der Waals surface area contributed by atoms with Gasteiger partial charge in [0.05, 0.1) is 10.9 Å². The van der Waals surface area contributed by atoms with Gasteiger partial charge < -0.3 is 10.3 Å². The van der Waals surface area contributed by atoms with E-state index >= 15 is 0 Å². The highest BCUT2D eigenvalue weighted by Gasteiger charge is 2.24. The minimum Gasteiger partial charge on any atom is -0.370 e. The number of primary amides is 1. The van der Waals surface area contributed by atoms with Gasteiger partial charge in [0.2, 0.25) is 5.91 Å². The number of thioether (sulfide) groups is 1. The summed E-state index contributed by atoms with van der Waals surface area (Å²) in [7, 11) is 1.93. The van der Waals surface area contributed by atoms with Crippen LogP contribution in [-0.4, -0.2) is 25.7 Å². The molecule has 3 rings (SSSR count). The molecule has 0 aromatic carbocycles. The fraction of sp³-hybridized carbons (Fsp3) is 0.467. The Kier molecular flexibility index (Phi) is 4.42. The van der Waals surface area contributed by atoms with Gasteiger partial charge in [-0.15, -0.1) is 10.2 Å². The highest BCUT2D eigenvalue weighted by Crippen LogP contribution is 2.41. The van der Waals surface area contributed by atoms with E-state index in [9.17, 15) is 4.79 Å². The van der Waals surface area contributed by atoms with Crippen LogP contribution in [0.1, 0.15) is 41.6 Å². The quantitative estimate of drug-likeness (QED) is 0.908. The van der Waals surface area contributed by atoms with Gasteiger partial charge in [-0.25, -0.2) is 0 Å². The maximum Gasteiger partial charge on any atom is 0.217 e. The van der Waals surface area contributed by atoms with Crippen LogP contribution < -0.4 is 5.73 Å². The second kappa shape index (κ2) is 6.48. The van der Waals surface area contributed by atoms with E-state index in [0.717, 1.165) is 23.8 Å². The lowest BCUT2D eigenvalue weighted by atomic mass is 9.96. The molecule has 1 amide bonds. The minimum atomic E-state index is -0.317. The van der Waals surface area contributed by atoms with Crippen molar-refractivity contribution in [3.63, 3.8) is 0 Å². The molecule has 0 saturated heterocycles. The molecule has 0 fully saturated rings. The lowest BCUT2D eigenvalue weighted by Crippen LogP contribution is -2.13. The fourth-order valence-electron chi connectivity index (χ4n) is 2.71. The molecule has 2 N–H and O–H groups in total. The lowest BCUT2D eigenvalue weighted by Gasteiger charge is -2.23. The van der Waals surface area contributed by atoms with Crippen molar-refractivity contribution in [2.24, 2.45) is 12.8 Å². The predicted molar refractivity (Wildman–Crippen MR) is 84.3 cm³/mol. The first-order valence-electron chi connectivity index (χ1n) is 7.42. The number of nitrogens with zero attached hydrogens (tertiary/aromatic N) is 4. The Balaban J connectivity index is 1.76. The summed E-state index contributed by atoms with van der Waals surface area (Å²) in [6.07, 6.45) is 6.04. The van der Waals surface area contributed by atoms with Crippen LogP contribution in [0.15, 0.2) is 23.5 Å². The van der Waals surface area contributed by atoms with E-state index in [1.807, 2.05) is 23.9 Å². The summed E-state index contributed by atoms with van der Waals surface area (Å²) in [5.41, 5.74) is 7.69.